The minimum atomic E-state index is 0.466. The molecule has 1 N–H and O–H groups in total. The first kappa shape index (κ1) is 15.7. The van der Waals surface area contributed by atoms with Crippen LogP contribution in [0.3, 0.4) is 0 Å². The van der Waals surface area contributed by atoms with Crippen molar-refractivity contribution in [2.45, 2.75) is 26.4 Å². The van der Waals surface area contributed by atoms with Crippen molar-refractivity contribution in [1.82, 2.24) is 10.3 Å². The number of nitrogens with zero attached hydrogens (tertiary/aromatic N) is 2. The highest BCUT2D eigenvalue weighted by molar-refractivity contribution is 5.94. The Morgan fingerprint density at radius 2 is 1.95 bits per heavy atom. The van der Waals surface area contributed by atoms with Crippen molar-refractivity contribution in [3.05, 3.63) is 36.0 Å². The van der Waals surface area contributed by atoms with Crippen LogP contribution in [-0.4, -0.2) is 38.3 Å². The molecule has 0 saturated carbocycles. The number of nitrogens with one attached hydrogen (secondary N) is 1. The minimum absolute atomic E-state index is 0.466. The fourth-order valence-electron chi connectivity index (χ4n) is 2.33. The number of anilines is 1. The van der Waals surface area contributed by atoms with Crippen molar-refractivity contribution in [3.8, 4) is 0 Å². The third-order valence-corrected chi connectivity index (χ3v) is 3.55. The number of rotatable bonds is 7. The number of hydrogen-bond donors (Lipinski definition) is 1. The normalized spacial score (nSPS) is 11.3. The molecule has 2 rings (SSSR count). The van der Waals surface area contributed by atoms with E-state index in [1.807, 2.05) is 6.20 Å². The van der Waals surface area contributed by atoms with E-state index in [4.69, 9.17) is 4.74 Å². The monoisotopic (exact) mass is 287 g/mol. The molecule has 0 aliphatic heterocycles. The largest absolute Gasteiger partial charge is 0.383 e. The number of methoxy groups -OCH3 is 1. The van der Waals surface area contributed by atoms with E-state index in [2.05, 4.69) is 60.4 Å². The first-order chi connectivity index (χ1) is 10.1. The van der Waals surface area contributed by atoms with Gasteiger partial charge in [-0.1, -0.05) is 38.1 Å². The number of benzene rings is 1. The fraction of sp³-hybridized carbons (Fsp3) is 0.471. The number of hydrogen-bond acceptors (Lipinski definition) is 4. The molecule has 1 aromatic carbocycles. The van der Waals surface area contributed by atoms with Gasteiger partial charge in [0.15, 0.2) is 0 Å². The summed E-state index contributed by atoms with van der Waals surface area (Å²) in [6.07, 6.45) is 1.98. The van der Waals surface area contributed by atoms with Gasteiger partial charge in [-0.05, 0) is 10.9 Å². The second-order valence-electron chi connectivity index (χ2n) is 5.60. The second kappa shape index (κ2) is 7.38. The molecule has 2 aromatic rings. The van der Waals surface area contributed by atoms with Crippen LogP contribution < -0.4 is 10.2 Å². The minimum Gasteiger partial charge on any atom is -0.383 e. The summed E-state index contributed by atoms with van der Waals surface area (Å²) in [4.78, 5) is 6.81. The lowest BCUT2D eigenvalue weighted by Crippen LogP contribution is -2.24. The molecule has 0 amide bonds. The quantitative estimate of drug-likeness (QED) is 0.849. The topological polar surface area (TPSA) is 37.4 Å². The standard InChI is InChI=1S/C17H25N3O/c1-13(2)18-11-14-12-19-17(20(3)9-10-21-4)16-8-6-5-7-15(14)16/h5-8,12-13,18H,9-11H2,1-4H3. The zero-order valence-electron chi connectivity index (χ0n) is 13.4. The summed E-state index contributed by atoms with van der Waals surface area (Å²) in [5.41, 5.74) is 1.24. The van der Waals surface area contributed by atoms with Crippen LogP contribution in [0.25, 0.3) is 10.8 Å². The van der Waals surface area contributed by atoms with E-state index < -0.39 is 0 Å². The highest BCUT2D eigenvalue weighted by atomic mass is 16.5. The molecule has 0 spiro atoms. The lowest BCUT2D eigenvalue weighted by atomic mass is 10.1. The van der Waals surface area contributed by atoms with E-state index in [9.17, 15) is 0 Å². The number of fused-ring (bicyclic) bond motifs is 1. The van der Waals surface area contributed by atoms with Crippen LogP contribution in [0, 0.1) is 0 Å². The second-order valence-corrected chi connectivity index (χ2v) is 5.60. The molecular weight excluding hydrogens is 262 g/mol. The molecule has 0 bridgehead atoms. The van der Waals surface area contributed by atoms with E-state index in [0.717, 1.165) is 18.9 Å². The molecule has 4 nitrogen and oxygen atoms in total. The highest BCUT2D eigenvalue weighted by Gasteiger charge is 2.10. The fourth-order valence-corrected chi connectivity index (χ4v) is 2.33. The van der Waals surface area contributed by atoms with Gasteiger partial charge in [0, 0.05) is 44.9 Å². The molecule has 0 radical (unpaired) electrons. The molecule has 1 heterocycles. The van der Waals surface area contributed by atoms with Gasteiger partial charge in [-0.15, -0.1) is 0 Å². The SMILES string of the molecule is COCCN(C)c1ncc(CNC(C)C)c2ccccc12. The lowest BCUT2D eigenvalue weighted by Gasteiger charge is -2.21. The van der Waals surface area contributed by atoms with Gasteiger partial charge in [0.05, 0.1) is 6.61 Å². The van der Waals surface area contributed by atoms with Gasteiger partial charge >= 0.3 is 0 Å². The molecule has 0 saturated heterocycles. The van der Waals surface area contributed by atoms with E-state index in [0.29, 0.717) is 12.6 Å². The van der Waals surface area contributed by atoms with Gasteiger partial charge in [0.25, 0.3) is 0 Å². The third kappa shape index (κ3) is 3.93. The van der Waals surface area contributed by atoms with Crippen molar-refractivity contribution in [3.63, 3.8) is 0 Å². The van der Waals surface area contributed by atoms with Crippen molar-refractivity contribution >= 4 is 16.6 Å². The van der Waals surface area contributed by atoms with Gasteiger partial charge in [0.2, 0.25) is 0 Å². The van der Waals surface area contributed by atoms with Gasteiger partial charge in [-0.3, -0.25) is 0 Å². The summed E-state index contributed by atoms with van der Waals surface area (Å²) in [7, 11) is 3.78. The van der Waals surface area contributed by atoms with Crippen LogP contribution in [0.1, 0.15) is 19.4 Å². The zero-order chi connectivity index (χ0) is 15.2. The number of likely N-dealkylation sites (N-methyl/N-ethyl adjacent to an activating group) is 1. The Kier molecular flexibility index (Phi) is 5.53. The van der Waals surface area contributed by atoms with Crippen LogP contribution >= 0.6 is 0 Å². The number of aromatic nitrogens is 1. The van der Waals surface area contributed by atoms with Crippen molar-refractivity contribution < 1.29 is 4.74 Å². The molecule has 0 unspecified atom stereocenters. The molecule has 4 heteroatoms. The molecule has 1 aromatic heterocycles. The highest BCUT2D eigenvalue weighted by Crippen LogP contribution is 2.26. The van der Waals surface area contributed by atoms with E-state index >= 15 is 0 Å². The molecule has 0 atom stereocenters. The Hall–Kier alpha value is -1.65. The van der Waals surface area contributed by atoms with E-state index in [1.54, 1.807) is 7.11 Å². The number of ether oxygens (including phenoxy) is 1. The molecule has 0 aliphatic carbocycles. The summed E-state index contributed by atoms with van der Waals surface area (Å²) in [6, 6.07) is 8.92. The number of pyridine rings is 1. The van der Waals surface area contributed by atoms with Gasteiger partial charge in [0.1, 0.15) is 5.82 Å². The van der Waals surface area contributed by atoms with Gasteiger partial charge < -0.3 is 15.0 Å². The maximum Gasteiger partial charge on any atom is 0.136 e. The Morgan fingerprint density at radius 3 is 2.62 bits per heavy atom. The first-order valence-electron chi connectivity index (χ1n) is 7.43. The maximum atomic E-state index is 5.16. The molecule has 0 aliphatic rings. The Balaban J connectivity index is 2.34. The lowest BCUT2D eigenvalue weighted by molar-refractivity contribution is 0.206. The summed E-state index contributed by atoms with van der Waals surface area (Å²) in [5, 5.41) is 5.92. The average molecular weight is 287 g/mol. The molecule has 114 valence electrons. The Labute approximate surface area is 127 Å². The Bertz CT molecular complexity index is 583. The van der Waals surface area contributed by atoms with E-state index in [-0.39, 0.29) is 0 Å². The van der Waals surface area contributed by atoms with Crippen LogP contribution in [0.4, 0.5) is 5.82 Å². The van der Waals surface area contributed by atoms with Crippen molar-refractivity contribution in [2.75, 3.05) is 32.2 Å². The van der Waals surface area contributed by atoms with Crippen LogP contribution in [-0.2, 0) is 11.3 Å². The molecular formula is C17H25N3O. The maximum absolute atomic E-state index is 5.16. The van der Waals surface area contributed by atoms with E-state index in [1.165, 1.54) is 16.3 Å². The summed E-state index contributed by atoms with van der Waals surface area (Å²) in [6.45, 7) is 6.68. The van der Waals surface area contributed by atoms with Crippen LogP contribution in [0.2, 0.25) is 0 Å². The predicted octanol–water partition coefficient (Wildman–Crippen LogP) is 2.82. The molecule has 21 heavy (non-hydrogen) atoms. The Morgan fingerprint density at radius 1 is 1.24 bits per heavy atom. The smallest absolute Gasteiger partial charge is 0.136 e. The first-order valence-corrected chi connectivity index (χ1v) is 7.43. The summed E-state index contributed by atoms with van der Waals surface area (Å²) < 4.78 is 5.16. The van der Waals surface area contributed by atoms with Gasteiger partial charge in [-0.25, -0.2) is 4.98 Å². The predicted molar refractivity (Wildman–Crippen MR) is 88.9 cm³/mol. The summed E-state index contributed by atoms with van der Waals surface area (Å²) >= 11 is 0. The van der Waals surface area contributed by atoms with Gasteiger partial charge in [-0.2, -0.15) is 0 Å². The van der Waals surface area contributed by atoms with Crippen LogP contribution in [0.15, 0.2) is 30.5 Å². The zero-order valence-corrected chi connectivity index (χ0v) is 13.4. The average Bonchev–Trinajstić information content (AvgIpc) is 2.50. The van der Waals surface area contributed by atoms with Crippen molar-refractivity contribution in [1.29, 1.82) is 0 Å². The van der Waals surface area contributed by atoms with Crippen molar-refractivity contribution in [2.24, 2.45) is 0 Å². The third-order valence-electron chi connectivity index (χ3n) is 3.55. The molecule has 0 fully saturated rings. The van der Waals surface area contributed by atoms with Crippen LogP contribution in [0.5, 0.6) is 0 Å². The summed E-state index contributed by atoms with van der Waals surface area (Å²) in [5.74, 6) is 1.01.